The quantitative estimate of drug-likeness (QED) is 0.306. The number of thiophene rings is 1. The highest BCUT2D eigenvalue weighted by molar-refractivity contribution is 14.0. The van der Waals surface area contributed by atoms with Gasteiger partial charge in [0.15, 0.2) is 5.96 Å². The van der Waals surface area contributed by atoms with Crippen LogP contribution >= 0.6 is 35.3 Å². The van der Waals surface area contributed by atoms with Crippen LogP contribution in [0.2, 0.25) is 0 Å². The Morgan fingerprint density at radius 1 is 1.19 bits per heavy atom. The standard InChI is InChI=1S/C23H31N5O2S.HI/c1-24-23(25-11-7-17-5-4-6-18(15-17)22(30)27(2)3)26-12-8-21(29)28-13-9-20-19(16-28)10-14-31-20;/h4-6,10,14-15H,7-9,11-13,16H2,1-3H3,(H2,24,25,26);1H. The Morgan fingerprint density at radius 2 is 1.97 bits per heavy atom. The Bertz CT molecular complexity index is 944. The summed E-state index contributed by atoms with van der Waals surface area (Å²) in [5.74, 6) is 0.843. The third-order valence-electron chi connectivity index (χ3n) is 5.30. The first-order valence-electron chi connectivity index (χ1n) is 10.6. The number of nitrogens with zero attached hydrogens (tertiary/aromatic N) is 3. The van der Waals surface area contributed by atoms with Crippen molar-refractivity contribution in [2.45, 2.75) is 25.8 Å². The number of carbonyl (C=O) groups excluding carboxylic acids is 2. The number of carbonyl (C=O) groups is 2. The lowest BCUT2D eigenvalue weighted by atomic mass is 10.1. The maximum Gasteiger partial charge on any atom is 0.253 e. The van der Waals surface area contributed by atoms with Gasteiger partial charge in [0.2, 0.25) is 5.91 Å². The van der Waals surface area contributed by atoms with Gasteiger partial charge >= 0.3 is 0 Å². The van der Waals surface area contributed by atoms with Crippen molar-refractivity contribution in [2.24, 2.45) is 4.99 Å². The number of hydrogen-bond donors (Lipinski definition) is 2. The minimum atomic E-state index is 0. The lowest BCUT2D eigenvalue weighted by Crippen LogP contribution is -2.41. The molecule has 3 rings (SSSR count). The Morgan fingerprint density at radius 3 is 2.72 bits per heavy atom. The lowest BCUT2D eigenvalue weighted by molar-refractivity contribution is -0.131. The second-order valence-corrected chi connectivity index (χ2v) is 8.76. The molecule has 1 aromatic carbocycles. The normalized spacial score (nSPS) is 13.1. The van der Waals surface area contributed by atoms with Crippen molar-refractivity contribution in [3.05, 3.63) is 57.3 Å². The molecule has 1 aromatic heterocycles. The molecule has 0 bridgehead atoms. The third kappa shape index (κ3) is 7.19. The molecular weight excluding hydrogens is 537 g/mol. The van der Waals surface area contributed by atoms with E-state index in [0.717, 1.165) is 31.5 Å². The number of guanidine groups is 1. The number of fused-ring (bicyclic) bond motifs is 1. The number of halogens is 1. The van der Waals surface area contributed by atoms with E-state index in [1.165, 1.54) is 10.4 Å². The number of nitrogens with one attached hydrogen (secondary N) is 2. The molecule has 1 aliphatic heterocycles. The largest absolute Gasteiger partial charge is 0.356 e. The Labute approximate surface area is 211 Å². The zero-order chi connectivity index (χ0) is 22.2. The summed E-state index contributed by atoms with van der Waals surface area (Å²) in [6.45, 7) is 2.74. The first kappa shape index (κ1) is 26.1. The fraction of sp³-hybridized carbons (Fsp3) is 0.435. The van der Waals surface area contributed by atoms with Gasteiger partial charge in [0.25, 0.3) is 5.91 Å². The minimum absolute atomic E-state index is 0. The van der Waals surface area contributed by atoms with Crippen molar-refractivity contribution >= 4 is 53.1 Å². The summed E-state index contributed by atoms with van der Waals surface area (Å²) in [5.41, 5.74) is 3.06. The van der Waals surface area contributed by atoms with Crippen molar-refractivity contribution in [1.82, 2.24) is 20.4 Å². The molecule has 0 radical (unpaired) electrons. The summed E-state index contributed by atoms with van der Waals surface area (Å²) in [6, 6.07) is 9.80. The van der Waals surface area contributed by atoms with E-state index in [1.54, 1.807) is 37.4 Å². The Kier molecular flexibility index (Phi) is 10.4. The van der Waals surface area contributed by atoms with E-state index in [1.807, 2.05) is 29.2 Å². The second kappa shape index (κ2) is 12.8. The monoisotopic (exact) mass is 569 g/mol. The van der Waals surface area contributed by atoms with E-state index in [2.05, 4.69) is 27.1 Å². The molecule has 2 amide bonds. The van der Waals surface area contributed by atoms with E-state index in [-0.39, 0.29) is 35.8 Å². The van der Waals surface area contributed by atoms with Gasteiger partial charge in [0.05, 0.1) is 0 Å². The summed E-state index contributed by atoms with van der Waals surface area (Å²) >= 11 is 1.78. The summed E-state index contributed by atoms with van der Waals surface area (Å²) in [4.78, 5) is 33.8. The Hall–Kier alpha value is -2.14. The van der Waals surface area contributed by atoms with Crippen LogP contribution in [0.25, 0.3) is 0 Å². The summed E-state index contributed by atoms with van der Waals surface area (Å²) in [5, 5.41) is 8.59. The van der Waals surface area contributed by atoms with Gasteiger partial charge in [-0.15, -0.1) is 35.3 Å². The van der Waals surface area contributed by atoms with Crippen molar-refractivity contribution < 1.29 is 9.59 Å². The number of benzene rings is 1. The van der Waals surface area contributed by atoms with E-state index >= 15 is 0 Å². The highest BCUT2D eigenvalue weighted by Crippen LogP contribution is 2.24. The van der Waals surface area contributed by atoms with Crippen molar-refractivity contribution in [3.63, 3.8) is 0 Å². The number of rotatable bonds is 7. The summed E-state index contributed by atoms with van der Waals surface area (Å²) < 4.78 is 0. The zero-order valence-corrected chi connectivity index (χ0v) is 22.0. The highest BCUT2D eigenvalue weighted by Gasteiger charge is 2.21. The summed E-state index contributed by atoms with van der Waals surface area (Å²) in [7, 11) is 5.22. The maximum absolute atomic E-state index is 12.5. The molecule has 174 valence electrons. The van der Waals surface area contributed by atoms with Crippen LogP contribution < -0.4 is 10.6 Å². The molecule has 9 heteroatoms. The topological polar surface area (TPSA) is 77.0 Å². The van der Waals surface area contributed by atoms with Gasteiger partial charge in [-0.1, -0.05) is 12.1 Å². The van der Waals surface area contributed by atoms with Crippen molar-refractivity contribution in [2.75, 3.05) is 40.8 Å². The van der Waals surface area contributed by atoms with Crippen LogP contribution in [0.3, 0.4) is 0 Å². The molecule has 32 heavy (non-hydrogen) atoms. The predicted octanol–water partition coefficient (Wildman–Crippen LogP) is 2.75. The lowest BCUT2D eigenvalue weighted by Gasteiger charge is -2.27. The highest BCUT2D eigenvalue weighted by atomic mass is 127. The third-order valence-corrected chi connectivity index (χ3v) is 6.32. The number of hydrogen-bond acceptors (Lipinski definition) is 4. The van der Waals surface area contributed by atoms with Crippen LogP contribution in [0, 0.1) is 0 Å². The molecule has 7 nitrogen and oxygen atoms in total. The number of aliphatic imine (C=N–C) groups is 1. The fourth-order valence-electron chi connectivity index (χ4n) is 3.57. The maximum atomic E-state index is 12.5. The predicted molar refractivity (Wildman–Crippen MR) is 141 cm³/mol. The van der Waals surface area contributed by atoms with E-state index < -0.39 is 0 Å². The average Bonchev–Trinajstić information content (AvgIpc) is 3.25. The molecule has 0 unspecified atom stereocenters. The second-order valence-electron chi connectivity index (χ2n) is 7.76. The van der Waals surface area contributed by atoms with Crippen LogP contribution in [-0.2, 0) is 24.2 Å². The van der Waals surface area contributed by atoms with Gasteiger partial charge in [-0.2, -0.15) is 0 Å². The average molecular weight is 570 g/mol. The van der Waals surface area contributed by atoms with Crippen LogP contribution in [0.1, 0.15) is 32.8 Å². The molecule has 1 aliphatic rings. The molecule has 0 saturated heterocycles. The Balaban J connectivity index is 0.00000363. The van der Waals surface area contributed by atoms with Crippen LogP contribution in [0.5, 0.6) is 0 Å². The van der Waals surface area contributed by atoms with Gasteiger partial charge < -0.3 is 20.4 Å². The summed E-state index contributed by atoms with van der Waals surface area (Å²) in [6.07, 6.45) is 2.16. The van der Waals surface area contributed by atoms with Crippen LogP contribution in [0.15, 0.2) is 40.7 Å². The van der Waals surface area contributed by atoms with E-state index in [0.29, 0.717) is 31.0 Å². The van der Waals surface area contributed by atoms with Gasteiger partial charge in [0, 0.05) is 64.2 Å². The van der Waals surface area contributed by atoms with E-state index in [9.17, 15) is 9.59 Å². The molecule has 0 atom stereocenters. The molecular formula is C23H32IN5O2S. The van der Waals surface area contributed by atoms with Gasteiger partial charge in [-0.05, 0) is 47.5 Å². The zero-order valence-electron chi connectivity index (χ0n) is 18.9. The minimum Gasteiger partial charge on any atom is -0.356 e. The molecule has 2 heterocycles. The van der Waals surface area contributed by atoms with Crippen LogP contribution in [-0.4, -0.2) is 68.4 Å². The first-order chi connectivity index (χ1) is 15.0. The molecule has 0 saturated carbocycles. The van der Waals surface area contributed by atoms with Crippen molar-refractivity contribution in [1.29, 1.82) is 0 Å². The van der Waals surface area contributed by atoms with Gasteiger partial charge in [0.1, 0.15) is 0 Å². The molecule has 0 aliphatic carbocycles. The molecule has 0 fully saturated rings. The smallest absolute Gasteiger partial charge is 0.253 e. The van der Waals surface area contributed by atoms with Gasteiger partial charge in [-0.25, -0.2) is 0 Å². The first-order valence-corrected chi connectivity index (χ1v) is 11.4. The molecule has 2 N–H and O–H groups in total. The SMILES string of the molecule is CN=C(NCCC(=O)N1CCc2sccc2C1)NCCc1cccc(C(=O)N(C)C)c1.I. The van der Waals surface area contributed by atoms with E-state index in [4.69, 9.17) is 0 Å². The number of amides is 2. The van der Waals surface area contributed by atoms with Crippen molar-refractivity contribution in [3.8, 4) is 0 Å². The molecule has 2 aromatic rings. The fourth-order valence-corrected chi connectivity index (χ4v) is 4.46. The molecule has 0 spiro atoms. The van der Waals surface area contributed by atoms with Crippen LogP contribution in [0.4, 0.5) is 0 Å². The van der Waals surface area contributed by atoms with Gasteiger partial charge in [-0.3, -0.25) is 14.6 Å².